The van der Waals surface area contributed by atoms with Crippen molar-refractivity contribution in [1.29, 1.82) is 0 Å². The van der Waals surface area contributed by atoms with Crippen LogP contribution in [0.5, 0.6) is 5.75 Å². The van der Waals surface area contributed by atoms with E-state index >= 15 is 0 Å². The van der Waals surface area contributed by atoms with Crippen LogP contribution in [0.2, 0.25) is 5.02 Å². The molecule has 21 heavy (non-hydrogen) atoms. The molecule has 1 aromatic heterocycles. The van der Waals surface area contributed by atoms with Crippen molar-refractivity contribution >= 4 is 23.4 Å². The van der Waals surface area contributed by atoms with Crippen molar-refractivity contribution in [2.24, 2.45) is 5.73 Å². The lowest BCUT2D eigenvalue weighted by molar-refractivity contribution is 0.403. The minimum absolute atomic E-state index is 0.130. The topological polar surface area (TPSA) is 53.1 Å². The first-order chi connectivity index (χ1) is 10.2. The number of ether oxygens (including phenoxy) is 1. The van der Waals surface area contributed by atoms with Crippen LogP contribution >= 0.6 is 23.4 Å². The van der Waals surface area contributed by atoms with Gasteiger partial charge in [0.1, 0.15) is 0 Å². The van der Waals surface area contributed by atoms with Gasteiger partial charge in [0, 0.05) is 22.2 Å². The fourth-order valence-electron chi connectivity index (χ4n) is 2.09. The first-order valence-corrected chi connectivity index (χ1v) is 8.25. The lowest BCUT2D eigenvalue weighted by Crippen LogP contribution is -2.19. The lowest BCUT2D eigenvalue weighted by atomic mass is 10.2. The zero-order valence-corrected chi connectivity index (χ0v) is 13.8. The first kappa shape index (κ1) is 16.2. The normalized spacial score (nSPS) is 12.4. The number of thioether (sulfide) groups is 1. The standard InChI is InChI=1S/C15H20ClN3OS/c1-3-8-19-15(14(20-2)9-18-19)13(17)10-21-12-6-4-11(16)5-7-12/h4-7,9,13H,3,8,10,17H2,1-2H3. The summed E-state index contributed by atoms with van der Waals surface area (Å²) >= 11 is 7.59. The molecule has 4 nitrogen and oxygen atoms in total. The largest absolute Gasteiger partial charge is 0.493 e. The zero-order chi connectivity index (χ0) is 15.2. The molecule has 1 heterocycles. The van der Waals surface area contributed by atoms with Gasteiger partial charge in [-0.15, -0.1) is 11.8 Å². The fraction of sp³-hybridized carbons (Fsp3) is 0.400. The molecule has 0 saturated heterocycles. The SMILES string of the molecule is CCCn1ncc(OC)c1C(N)CSc1ccc(Cl)cc1. The van der Waals surface area contributed by atoms with Gasteiger partial charge in [-0.3, -0.25) is 4.68 Å². The number of nitrogens with two attached hydrogens (primary N) is 1. The van der Waals surface area contributed by atoms with E-state index in [-0.39, 0.29) is 6.04 Å². The van der Waals surface area contributed by atoms with Crippen molar-refractivity contribution in [3.8, 4) is 5.75 Å². The van der Waals surface area contributed by atoms with Gasteiger partial charge in [0.15, 0.2) is 5.75 Å². The van der Waals surface area contributed by atoms with E-state index in [2.05, 4.69) is 12.0 Å². The van der Waals surface area contributed by atoms with Crippen LogP contribution in [-0.2, 0) is 6.54 Å². The van der Waals surface area contributed by atoms with Gasteiger partial charge >= 0.3 is 0 Å². The number of methoxy groups -OCH3 is 1. The van der Waals surface area contributed by atoms with E-state index in [9.17, 15) is 0 Å². The first-order valence-electron chi connectivity index (χ1n) is 6.89. The maximum absolute atomic E-state index is 6.34. The fourth-order valence-corrected chi connectivity index (χ4v) is 3.08. The Morgan fingerprint density at radius 2 is 2.10 bits per heavy atom. The third-order valence-electron chi connectivity index (χ3n) is 3.09. The van der Waals surface area contributed by atoms with Crippen LogP contribution in [0.3, 0.4) is 0 Å². The summed E-state index contributed by atoms with van der Waals surface area (Å²) in [5.74, 6) is 1.51. The number of halogens is 1. The van der Waals surface area contributed by atoms with Gasteiger partial charge in [0.2, 0.25) is 0 Å². The summed E-state index contributed by atoms with van der Waals surface area (Å²) in [6, 6.07) is 7.64. The predicted octanol–water partition coefficient (Wildman–Crippen LogP) is 3.75. The summed E-state index contributed by atoms with van der Waals surface area (Å²) < 4.78 is 7.31. The molecule has 2 N–H and O–H groups in total. The number of rotatable bonds is 7. The van der Waals surface area contributed by atoms with E-state index in [1.54, 1.807) is 25.1 Å². The van der Waals surface area contributed by atoms with Crippen LogP contribution in [0.4, 0.5) is 0 Å². The molecule has 0 amide bonds. The Balaban J connectivity index is 2.07. The average Bonchev–Trinajstić information content (AvgIpc) is 2.90. The predicted molar refractivity (Wildman–Crippen MR) is 88.2 cm³/mol. The van der Waals surface area contributed by atoms with Gasteiger partial charge in [0.05, 0.1) is 25.0 Å². The van der Waals surface area contributed by atoms with Gasteiger partial charge in [-0.25, -0.2) is 0 Å². The molecule has 0 spiro atoms. The summed E-state index contributed by atoms with van der Waals surface area (Å²) in [5.41, 5.74) is 7.30. The Hall–Kier alpha value is -1.17. The van der Waals surface area contributed by atoms with Crippen LogP contribution in [0.25, 0.3) is 0 Å². The number of aromatic nitrogens is 2. The molecule has 2 aromatic rings. The second-order valence-corrected chi connectivity index (χ2v) is 6.22. The number of benzene rings is 1. The molecular formula is C15H20ClN3OS. The number of hydrogen-bond acceptors (Lipinski definition) is 4. The van der Waals surface area contributed by atoms with E-state index < -0.39 is 0 Å². The van der Waals surface area contributed by atoms with Crippen LogP contribution in [0, 0.1) is 0 Å². The molecule has 0 aliphatic rings. The number of nitrogens with zero attached hydrogens (tertiary/aromatic N) is 2. The van der Waals surface area contributed by atoms with Crippen LogP contribution in [0.15, 0.2) is 35.4 Å². The molecule has 0 saturated carbocycles. The third-order valence-corrected chi connectivity index (χ3v) is 4.48. The summed E-state index contributed by atoms with van der Waals surface area (Å²) in [5, 5.41) is 5.09. The molecule has 1 atom stereocenters. The summed E-state index contributed by atoms with van der Waals surface area (Å²) in [7, 11) is 1.65. The molecule has 0 radical (unpaired) electrons. The average molecular weight is 326 g/mol. The molecule has 0 bridgehead atoms. The number of aryl methyl sites for hydroxylation is 1. The zero-order valence-electron chi connectivity index (χ0n) is 12.3. The maximum Gasteiger partial charge on any atom is 0.161 e. The Morgan fingerprint density at radius 3 is 2.71 bits per heavy atom. The number of hydrogen-bond donors (Lipinski definition) is 1. The quantitative estimate of drug-likeness (QED) is 0.788. The molecule has 0 aliphatic carbocycles. The van der Waals surface area contributed by atoms with E-state index in [0.717, 1.165) is 40.1 Å². The van der Waals surface area contributed by atoms with Crippen molar-refractivity contribution in [3.05, 3.63) is 41.2 Å². The van der Waals surface area contributed by atoms with E-state index in [0.29, 0.717) is 0 Å². The highest BCUT2D eigenvalue weighted by Gasteiger charge is 2.18. The molecule has 0 fully saturated rings. The highest BCUT2D eigenvalue weighted by Crippen LogP contribution is 2.29. The van der Waals surface area contributed by atoms with Gasteiger partial charge in [-0.05, 0) is 30.7 Å². The van der Waals surface area contributed by atoms with Gasteiger partial charge in [-0.1, -0.05) is 18.5 Å². The Labute approximate surface area is 134 Å². The van der Waals surface area contributed by atoms with Crippen LogP contribution < -0.4 is 10.5 Å². The van der Waals surface area contributed by atoms with Crippen molar-refractivity contribution in [1.82, 2.24) is 9.78 Å². The van der Waals surface area contributed by atoms with Crippen LogP contribution in [-0.4, -0.2) is 22.6 Å². The summed E-state index contributed by atoms with van der Waals surface area (Å²) in [4.78, 5) is 1.15. The minimum Gasteiger partial charge on any atom is -0.493 e. The molecule has 2 rings (SSSR count). The lowest BCUT2D eigenvalue weighted by Gasteiger charge is -2.15. The maximum atomic E-state index is 6.34. The van der Waals surface area contributed by atoms with Crippen molar-refractivity contribution < 1.29 is 4.74 Å². The smallest absolute Gasteiger partial charge is 0.161 e. The highest BCUT2D eigenvalue weighted by molar-refractivity contribution is 7.99. The molecule has 6 heteroatoms. The van der Waals surface area contributed by atoms with Crippen molar-refractivity contribution in [2.75, 3.05) is 12.9 Å². The van der Waals surface area contributed by atoms with E-state index in [1.807, 2.05) is 28.9 Å². The second kappa shape index (κ2) is 7.73. The monoisotopic (exact) mass is 325 g/mol. The van der Waals surface area contributed by atoms with Crippen molar-refractivity contribution in [3.63, 3.8) is 0 Å². The van der Waals surface area contributed by atoms with E-state index in [1.165, 1.54) is 0 Å². The van der Waals surface area contributed by atoms with Gasteiger partial charge in [0.25, 0.3) is 0 Å². The van der Waals surface area contributed by atoms with Gasteiger partial charge < -0.3 is 10.5 Å². The van der Waals surface area contributed by atoms with Crippen molar-refractivity contribution in [2.45, 2.75) is 30.8 Å². The Bertz CT molecular complexity index is 571. The molecular weight excluding hydrogens is 306 g/mol. The Morgan fingerprint density at radius 1 is 1.38 bits per heavy atom. The second-order valence-electron chi connectivity index (χ2n) is 4.69. The van der Waals surface area contributed by atoms with E-state index in [4.69, 9.17) is 22.1 Å². The molecule has 114 valence electrons. The molecule has 0 aliphatic heterocycles. The summed E-state index contributed by atoms with van der Waals surface area (Å²) in [6.07, 6.45) is 2.74. The van der Waals surface area contributed by atoms with Gasteiger partial charge in [-0.2, -0.15) is 5.10 Å². The summed E-state index contributed by atoms with van der Waals surface area (Å²) in [6.45, 7) is 2.96. The molecule has 1 unspecified atom stereocenters. The minimum atomic E-state index is -0.130. The van der Waals surface area contributed by atoms with Crippen LogP contribution in [0.1, 0.15) is 25.1 Å². The third kappa shape index (κ3) is 4.15. The highest BCUT2D eigenvalue weighted by atomic mass is 35.5. The Kier molecular flexibility index (Phi) is 5.96. The molecule has 1 aromatic carbocycles.